The van der Waals surface area contributed by atoms with Crippen LogP contribution in [0.4, 0.5) is 5.69 Å². The molecule has 0 atom stereocenters. The van der Waals surface area contributed by atoms with Crippen LogP contribution in [-0.2, 0) is 17.8 Å². The molecular weight excluding hydrogens is 372 g/mol. The molecule has 0 saturated heterocycles. The van der Waals surface area contributed by atoms with Crippen LogP contribution in [0.25, 0.3) is 0 Å². The minimum atomic E-state index is -0.105. The standard InChI is InChI=1S/C22H22N2O5/c1-14-19(15(2)29-24-14)13-28-18-6-3-16(4-7-18)11-22(25)23-17-5-8-20-21(12-17)27-10-9-26-20/h3-8,12H,9-11,13H2,1-2H3,(H,23,25). The first-order chi connectivity index (χ1) is 14.1. The summed E-state index contributed by atoms with van der Waals surface area (Å²) in [6.07, 6.45) is 0.262. The number of aryl methyl sites for hydroxylation is 2. The molecule has 1 aromatic heterocycles. The van der Waals surface area contributed by atoms with Crippen molar-refractivity contribution in [3.8, 4) is 17.2 Å². The van der Waals surface area contributed by atoms with Gasteiger partial charge in [-0.3, -0.25) is 4.79 Å². The maximum Gasteiger partial charge on any atom is 0.228 e. The Morgan fingerprint density at radius 1 is 1.07 bits per heavy atom. The Hall–Kier alpha value is -3.48. The van der Waals surface area contributed by atoms with Crippen molar-refractivity contribution in [3.05, 3.63) is 65.0 Å². The minimum Gasteiger partial charge on any atom is -0.489 e. The Labute approximate surface area is 168 Å². The van der Waals surface area contributed by atoms with E-state index in [2.05, 4.69) is 10.5 Å². The summed E-state index contributed by atoms with van der Waals surface area (Å²) in [7, 11) is 0. The van der Waals surface area contributed by atoms with Crippen molar-refractivity contribution in [2.24, 2.45) is 0 Å². The third-order valence-corrected chi connectivity index (χ3v) is 4.68. The molecule has 3 aromatic rings. The van der Waals surface area contributed by atoms with Crippen molar-refractivity contribution in [1.82, 2.24) is 5.16 Å². The molecule has 0 fully saturated rings. The molecule has 4 rings (SSSR count). The Bertz CT molecular complexity index is 991. The van der Waals surface area contributed by atoms with E-state index in [1.165, 1.54) is 0 Å². The number of ether oxygens (including phenoxy) is 3. The van der Waals surface area contributed by atoms with Crippen LogP contribution >= 0.6 is 0 Å². The molecule has 2 aromatic carbocycles. The zero-order chi connectivity index (χ0) is 20.2. The molecule has 0 spiro atoms. The van der Waals surface area contributed by atoms with Crippen molar-refractivity contribution in [3.63, 3.8) is 0 Å². The number of anilines is 1. The molecule has 0 bridgehead atoms. The van der Waals surface area contributed by atoms with Crippen LogP contribution in [0, 0.1) is 13.8 Å². The fourth-order valence-electron chi connectivity index (χ4n) is 3.08. The van der Waals surface area contributed by atoms with Gasteiger partial charge < -0.3 is 24.1 Å². The summed E-state index contributed by atoms with van der Waals surface area (Å²) in [5, 5.41) is 6.81. The molecule has 0 unspecified atom stereocenters. The summed E-state index contributed by atoms with van der Waals surface area (Å²) in [6, 6.07) is 12.8. The van der Waals surface area contributed by atoms with Crippen molar-refractivity contribution < 1.29 is 23.5 Å². The molecule has 7 nitrogen and oxygen atoms in total. The zero-order valence-corrected chi connectivity index (χ0v) is 16.4. The van der Waals surface area contributed by atoms with E-state index in [1.807, 2.05) is 38.1 Å². The van der Waals surface area contributed by atoms with Gasteiger partial charge in [-0.15, -0.1) is 0 Å². The van der Waals surface area contributed by atoms with E-state index in [9.17, 15) is 4.79 Å². The Morgan fingerprint density at radius 3 is 2.55 bits per heavy atom. The highest BCUT2D eigenvalue weighted by atomic mass is 16.6. The van der Waals surface area contributed by atoms with E-state index in [0.29, 0.717) is 37.0 Å². The van der Waals surface area contributed by atoms with Gasteiger partial charge in [-0.1, -0.05) is 17.3 Å². The second kappa shape index (κ2) is 8.26. The molecule has 0 aliphatic carbocycles. The number of aromatic nitrogens is 1. The lowest BCUT2D eigenvalue weighted by atomic mass is 10.1. The van der Waals surface area contributed by atoms with Crippen molar-refractivity contribution >= 4 is 11.6 Å². The van der Waals surface area contributed by atoms with Gasteiger partial charge >= 0.3 is 0 Å². The average Bonchev–Trinajstić information content (AvgIpc) is 3.05. The van der Waals surface area contributed by atoms with E-state index >= 15 is 0 Å². The van der Waals surface area contributed by atoms with Crippen LogP contribution in [0.5, 0.6) is 17.2 Å². The van der Waals surface area contributed by atoms with Gasteiger partial charge in [-0.25, -0.2) is 0 Å². The van der Waals surface area contributed by atoms with Crippen LogP contribution in [0.3, 0.4) is 0 Å². The summed E-state index contributed by atoms with van der Waals surface area (Å²) in [4.78, 5) is 12.4. The molecule has 1 N–H and O–H groups in total. The zero-order valence-electron chi connectivity index (χ0n) is 16.4. The van der Waals surface area contributed by atoms with Crippen LogP contribution in [0.1, 0.15) is 22.6 Å². The number of rotatable bonds is 6. The predicted molar refractivity (Wildman–Crippen MR) is 107 cm³/mol. The van der Waals surface area contributed by atoms with Crippen molar-refractivity contribution in [1.29, 1.82) is 0 Å². The van der Waals surface area contributed by atoms with Gasteiger partial charge in [0, 0.05) is 11.8 Å². The largest absolute Gasteiger partial charge is 0.489 e. The van der Waals surface area contributed by atoms with Crippen molar-refractivity contribution in [2.45, 2.75) is 26.9 Å². The first-order valence-electron chi connectivity index (χ1n) is 9.41. The normalized spacial score (nSPS) is 12.5. The molecule has 1 aliphatic heterocycles. The SMILES string of the molecule is Cc1noc(C)c1COc1ccc(CC(=O)Nc2ccc3c(c2)OCCO3)cc1. The first-order valence-corrected chi connectivity index (χ1v) is 9.41. The van der Waals surface area contributed by atoms with Gasteiger partial charge in [0.25, 0.3) is 0 Å². The lowest BCUT2D eigenvalue weighted by Gasteiger charge is -2.19. The van der Waals surface area contributed by atoms with Crippen LogP contribution in [0.15, 0.2) is 47.0 Å². The van der Waals surface area contributed by atoms with Gasteiger partial charge in [0.1, 0.15) is 31.3 Å². The highest BCUT2D eigenvalue weighted by Gasteiger charge is 2.13. The Morgan fingerprint density at radius 2 is 1.83 bits per heavy atom. The van der Waals surface area contributed by atoms with Gasteiger partial charge in [-0.05, 0) is 43.7 Å². The molecule has 1 aliphatic rings. The third kappa shape index (κ3) is 4.51. The van der Waals surface area contributed by atoms with E-state index in [4.69, 9.17) is 18.7 Å². The van der Waals surface area contributed by atoms with E-state index in [1.54, 1.807) is 18.2 Å². The highest BCUT2D eigenvalue weighted by Crippen LogP contribution is 2.32. The minimum absolute atomic E-state index is 0.105. The summed E-state index contributed by atoms with van der Waals surface area (Å²) in [6.45, 7) is 5.19. The number of nitrogens with one attached hydrogen (secondary N) is 1. The quantitative estimate of drug-likeness (QED) is 0.684. The predicted octanol–water partition coefficient (Wildman–Crippen LogP) is 3.82. The number of hydrogen-bond acceptors (Lipinski definition) is 6. The lowest BCUT2D eigenvalue weighted by molar-refractivity contribution is -0.115. The number of benzene rings is 2. The number of fused-ring (bicyclic) bond motifs is 1. The average molecular weight is 394 g/mol. The summed E-state index contributed by atoms with van der Waals surface area (Å²) >= 11 is 0. The molecular formula is C22H22N2O5. The van der Waals surface area contributed by atoms with Gasteiger partial charge in [0.15, 0.2) is 11.5 Å². The topological polar surface area (TPSA) is 82.8 Å². The van der Waals surface area contributed by atoms with E-state index < -0.39 is 0 Å². The maximum atomic E-state index is 12.4. The molecule has 29 heavy (non-hydrogen) atoms. The molecule has 150 valence electrons. The smallest absolute Gasteiger partial charge is 0.228 e. The highest BCUT2D eigenvalue weighted by molar-refractivity contribution is 5.92. The molecule has 7 heteroatoms. The fraction of sp³-hybridized carbons (Fsp3) is 0.273. The monoisotopic (exact) mass is 394 g/mol. The number of carbonyl (C=O) groups is 1. The summed E-state index contributed by atoms with van der Waals surface area (Å²) in [5.74, 6) is 2.72. The number of carbonyl (C=O) groups excluding carboxylic acids is 1. The van der Waals surface area contributed by atoms with Gasteiger partial charge in [-0.2, -0.15) is 0 Å². The van der Waals surface area contributed by atoms with Crippen LogP contribution in [0.2, 0.25) is 0 Å². The lowest BCUT2D eigenvalue weighted by Crippen LogP contribution is -2.17. The fourth-order valence-corrected chi connectivity index (χ4v) is 3.08. The number of hydrogen-bond donors (Lipinski definition) is 1. The number of nitrogens with zero attached hydrogens (tertiary/aromatic N) is 1. The van der Waals surface area contributed by atoms with Crippen LogP contribution in [-0.4, -0.2) is 24.3 Å². The van der Waals surface area contributed by atoms with Gasteiger partial charge in [0.2, 0.25) is 5.91 Å². The Kier molecular flexibility index (Phi) is 5.37. The van der Waals surface area contributed by atoms with Crippen LogP contribution < -0.4 is 19.5 Å². The van der Waals surface area contributed by atoms with Gasteiger partial charge in [0.05, 0.1) is 17.7 Å². The first kappa shape index (κ1) is 18.9. The Balaban J connectivity index is 1.32. The molecule has 0 saturated carbocycles. The molecule has 0 radical (unpaired) electrons. The maximum absolute atomic E-state index is 12.4. The second-order valence-electron chi connectivity index (χ2n) is 6.82. The van der Waals surface area contributed by atoms with E-state index in [0.717, 1.165) is 28.3 Å². The summed E-state index contributed by atoms with van der Waals surface area (Å²) in [5.41, 5.74) is 3.35. The number of amides is 1. The molecule has 1 amide bonds. The third-order valence-electron chi connectivity index (χ3n) is 4.68. The molecule has 2 heterocycles. The second-order valence-corrected chi connectivity index (χ2v) is 6.82. The van der Waals surface area contributed by atoms with Crippen molar-refractivity contribution in [2.75, 3.05) is 18.5 Å². The summed E-state index contributed by atoms with van der Waals surface area (Å²) < 4.78 is 22.0. The van der Waals surface area contributed by atoms with E-state index in [-0.39, 0.29) is 12.3 Å².